The van der Waals surface area contributed by atoms with Crippen LogP contribution in [0.2, 0.25) is 0 Å². The zero-order valence-electron chi connectivity index (χ0n) is 21.3. The van der Waals surface area contributed by atoms with Crippen LogP contribution in [0.3, 0.4) is 0 Å². The maximum absolute atomic E-state index is 12.8. The molecule has 0 aromatic heterocycles. The quantitative estimate of drug-likeness (QED) is 0.553. The van der Waals surface area contributed by atoms with E-state index >= 15 is 0 Å². The number of benzene rings is 1. The molecule has 0 bridgehead atoms. The first-order chi connectivity index (χ1) is 15.1. The van der Waals surface area contributed by atoms with Crippen molar-refractivity contribution in [2.24, 2.45) is 0 Å². The van der Waals surface area contributed by atoms with Gasteiger partial charge in [-0.05, 0) is 30.2 Å². The van der Waals surface area contributed by atoms with E-state index in [0.717, 1.165) is 11.1 Å². The van der Waals surface area contributed by atoms with Crippen LogP contribution >= 0.6 is 0 Å². The summed E-state index contributed by atoms with van der Waals surface area (Å²) in [4.78, 5) is 26.8. The van der Waals surface area contributed by atoms with Crippen molar-refractivity contribution >= 4 is 23.1 Å². The molecule has 0 aliphatic carbocycles. The maximum atomic E-state index is 12.8. The Morgan fingerprint density at radius 2 is 1.71 bits per heavy atom. The Balaban J connectivity index is 0. The average molecular weight is 432 g/mol. The first kappa shape index (κ1) is 30.8. The van der Waals surface area contributed by atoms with E-state index in [9.17, 15) is 9.59 Å². The lowest BCUT2D eigenvalue weighted by Crippen LogP contribution is -2.57. The van der Waals surface area contributed by atoms with E-state index in [1.54, 1.807) is 17.0 Å². The number of nitrogens with one attached hydrogen (secondary N) is 2. The summed E-state index contributed by atoms with van der Waals surface area (Å²) in [6, 6.07) is 5.07. The van der Waals surface area contributed by atoms with Gasteiger partial charge in [0.25, 0.3) is 5.91 Å². The van der Waals surface area contributed by atoms with E-state index in [-0.39, 0.29) is 11.8 Å². The van der Waals surface area contributed by atoms with Crippen LogP contribution in [-0.4, -0.2) is 42.4 Å². The molecule has 0 radical (unpaired) electrons. The number of hydrogen-bond donors (Lipinski definition) is 2. The smallest absolute Gasteiger partial charge is 0.256 e. The van der Waals surface area contributed by atoms with Gasteiger partial charge in [-0.1, -0.05) is 86.6 Å². The fraction of sp³-hybridized carbons (Fsp3) is 0.538. The Bertz CT molecular complexity index is 696. The van der Waals surface area contributed by atoms with Gasteiger partial charge in [0.2, 0.25) is 5.91 Å². The van der Waals surface area contributed by atoms with Crippen LogP contribution in [0.25, 0.3) is 5.57 Å². The SMILES string of the molecule is C=C/C(=C\C)c1ccc2c(c1)C(=O)N1CCNCC1C(=O)N2.CC.CC.CC.CCC. The van der Waals surface area contributed by atoms with Gasteiger partial charge in [0.15, 0.2) is 0 Å². The van der Waals surface area contributed by atoms with Gasteiger partial charge in [-0.3, -0.25) is 9.59 Å². The molecular formula is C26H45N3O2. The third-order valence-electron chi connectivity index (χ3n) is 4.18. The molecule has 176 valence electrons. The third kappa shape index (κ3) is 8.70. The third-order valence-corrected chi connectivity index (χ3v) is 4.18. The maximum Gasteiger partial charge on any atom is 0.256 e. The molecule has 1 atom stereocenters. The Morgan fingerprint density at radius 3 is 2.23 bits per heavy atom. The van der Waals surface area contributed by atoms with Gasteiger partial charge >= 0.3 is 0 Å². The van der Waals surface area contributed by atoms with Crippen molar-refractivity contribution in [2.75, 3.05) is 25.0 Å². The molecule has 2 heterocycles. The number of allylic oxidation sites excluding steroid dienone is 3. The van der Waals surface area contributed by atoms with Gasteiger partial charge in [0.05, 0.1) is 11.3 Å². The molecule has 5 nitrogen and oxygen atoms in total. The van der Waals surface area contributed by atoms with Crippen LogP contribution in [-0.2, 0) is 4.79 Å². The van der Waals surface area contributed by atoms with Crippen molar-refractivity contribution in [2.45, 2.75) is 74.8 Å². The molecule has 3 rings (SSSR count). The Morgan fingerprint density at radius 1 is 1.13 bits per heavy atom. The summed E-state index contributed by atoms with van der Waals surface area (Å²) >= 11 is 0. The standard InChI is InChI=1S/C17H19N3O2.C3H8.3C2H6/c1-3-11(4-2)12-5-6-14-13(9-12)17(22)20-8-7-18-10-15(20)16(21)19-14;1-3-2;3*1-2/h3-6,9,15,18H,1,7-8,10H2,2H3,(H,19,21);3H2,1-2H3;3*1-2H3/b11-4+;;;;. The van der Waals surface area contributed by atoms with Crippen LogP contribution in [0.15, 0.2) is 36.9 Å². The second-order valence-corrected chi connectivity index (χ2v) is 6.12. The predicted octanol–water partition coefficient (Wildman–Crippen LogP) is 6.14. The highest BCUT2D eigenvalue weighted by atomic mass is 16.2. The first-order valence-corrected chi connectivity index (χ1v) is 11.8. The van der Waals surface area contributed by atoms with Crippen molar-refractivity contribution in [1.29, 1.82) is 0 Å². The topological polar surface area (TPSA) is 61.4 Å². The highest BCUT2D eigenvalue weighted by Gasteiger charge is 2.36. The molecule has 1 fully saturated rings. The molecule has 2 N–H and O–H groups in total. The molecule has 1 aromatic rings. The fourth-order valence-electron chi connectivity index (χ4n) is 2.96. The lowest BCUT2D eigenvalue weighted by Gasteiger charge is -2.33. The van der Waals surface area contributed by atoms with Gasteiger partial charge in [-0.25, -0.2) is 0 Å². The predicted molar refractivity (Wildman–Crippen MR) is 137 cm³/mol. The molecule has 1 aromatic carbocycles. The van der Waals surface area contributed by atoms with Gasteiger partial charge in [-0.15, -0.1) is 0 Å². The van der Waals surface area contributed by atoms with E-state index in [0.29, 0.717) is 30.9 Å². The summed E-state index contributed by atoms with van der Waals surface area (Å²) < 4.78 is 0. The number of anilines is 1. The normalized spacial score (nSPS) is 16.5. The van der Waals surface area contributed by atoms with Crippen molar-refractivity contribution in [3.05, 3.63) is 48.1 Å². The summed E-state index contributed by atoms with van der Waals surface area (Å²) in [6.45, 7) is 23.7. The lowest BCUT2D eigenvalue weighted by molar-refractivity contribution is -0.120. The molecule has 31 heavy (non-hydrogen) atoms. The minimum Gasteiger partial charge on any atom is -0.324 e. The van der Waals surface area contributed by atoms with Gasteiger partial charge < -0.3 is 15.5 Å². The Kier molecular flexibility index (Phi) is 18.3. The highest BCUT2D eigenvalue weighted by Crippen LogP contribution is 2.28. The second kappa shape index (κ2) is 18.4. The van der Waals surface area contributed by atoms with Crippen molar-refractivity contribution in [1.82, 2.24) is 10.2 Å². The largest absolute Gasteiger partial charge is 0.324 e. The minimum absolute atomic E-state index is 0.0961. The number of carbonyl (C=O) groups excluding carboxylic acids is 2. The van der Waals surface area contributed by atoms with E-state index in [1.165, 1.54) is 6.42 Å². The molecular weight excluding hydrogens is 386 g/mol. The Labute approximate surface area is 191 Å². The summed E-state index contributed by atoms with van der Waals surface area (Å²) in [6.07, 6.45) is 4.96. The van der Waals surface area contributed by atoms with Crippen molar-refractivity contribution in [3.63, 3.8) is 0 Å². The van der Waals surface area contributed by atoms with Crippen molar-refractivity contribution in [3.8, 4) is 0 Å². The Hall–Kier alpha value is -2.40. The number of nitrogens with zero attached hydrogens (tertiary/aromatic N) is 1. The van der Waals surface area contributed by atoms with Crippen LogP contribution < -0.4 is 10.6 Å². The number of amides is 2. The zero-order valence-corrected chi connectivity index (χ0v) is 21.3. The van der Waals surface area contributed by atoms with E-state index in [2.05, 4.69) is 31.1 Å². The van der Waals surface area contributed by atoms with E-state index < -0.39 is 6.04 Å². The number of piperazine rings is 1. The molecule has 2 amide bonds. The van der Waals surface area contributed by atoms with Gasteiger partial charge in [-0.2, -0.15) is 0 Å². The van der Waals surface area contributed by atoms with Gasteiger partial charge in [0, 0.05) is 19.6 Å². The molecule has 0 spiro atoms. The number of rotatable bonds is 2. The van der Waals surface area contributed by atoms with Gasteiger partial charge in [0.1, 0.15) is 6.04 Å². The molecule has 0 saturated carbocycles. The molecule has 1 unspecified atom stereocenters. The van der Waals surface area contributed by atoms with Crippen LogP contribution in [0.4, 0.5) is 5.69 Å². The van der Waals surface area contributed by atoms with E-state index in [1.807, 2.05) is 66.7 Å². The second-order valence-electron chi connectivity index (χ2n) is 6.12. The van der Waals surface area contributed by atoms with Crippen LogP contribution in [0.5, 0.6) is 0 Å². The molecule has 5 heteroatoms. The van der Waals surface area contributed by atoms with Crippen molar-refractivity contribution < 1.29 is 9.59 Å². The minimum atomic E-state index is -0.447. The lowest BCUT2D eigenvalue weighted by atomic mass is 10.0. The molecule has 2 aliphatic rings. The summed E-state index contributed by atoms with van der Waals surface area (Å²) in [5.41, 5.74) is 3.00. The zero-order chi connectivity index (χ0) is 24.4. The van der Waals surface area contributed by atoms with Crippen LogP contribution in [0.1, 0.15) is 84.7 Å². The number of hydrogen-bond acceptors (Lipinski definition) is 3. The first-order valence-electron chi connectivity index (χ1n) is 11.8. The van der Waals surface area contributed by atoms with E-state index in [4.69, 9.17) is 0 Å². The summed E-state index contributed by atoms with van der Waals surface area (Å²) in [5, 5.41) is 6.03. The highest BCUT2D eigenvalue weighted by molar-refractivity contribution is 6.10. The summed E-state index contributed by atoms with van der Waals surface area (Å²) in [7, 11) is 0. The summed E-state index contributed by atoms with van der Waals surface area (Å²) in [5.74, 6) is -0.233. The molecule has 2 aliphatic heterocycles. The fourth-order valence-corrected chi connectivity index (χ4v) is 2.96. The van der Waals surface area contributed by atoms with Crippen LogP contribution in [0, 0.1) is 0 Å². The monoisotopic (exact) mass is 431 g/mol. The average Bonchev–Trinajstić information content (AvgIpc) is 2.94. The molecule has 1 saturated heterocycles. The number of carbonyl (C=O) groups is 2. The number of fused-ring (bicyclic) bond motifs is 2.